The van der Waals surface area contributed by atoms with Crippen molar-refractivity contribution in [1.29, 1.82) is 0 Å². The van der Waals surface area contributed by atoms with Gasteiger partial charge in [0.15, 0.2) is 0 Å². The second-order valence-electron chi connectivity index (χ2n) is 6.51. The van der Waals surface area contributed by atoms with Crippen LogP contribution in [0.25, 0.3) is 0 Å². The van der Waals surface area contributed by atoms with E-state index in [1.165, 1.54) is 5.56 Å². The van der Waals surface area contributed by atoms with Crippen LogP contribution in [-0.2, 0) is 11.3 Å². The third-order valence-corrected chi connectivity index (χ3v) is 4.95. The number of hydrogen-bond acceptors (Lipinski definition) is 3. The van der Waals surface area contributed by atoms with Gasteiger partial charge in [0.05, 0.1) is 18.8 Å². The van der Waals surface area contributed by atoms with Crippen LogP contribution in [0.5, 0.6) is 0 Å². The van der Waals surface area contributed by atoms with Crippen molar-refractivity contribution in [3.05, 3.63) is 71.8 Å². The maximum atomic E-state index is 12.7. The Morgan fingerprint density at radius 2 is 1.71 bits per heavy atom. The number of amides is 1. The lowest BCUT2D eigenvalue weighted by molar-refractivity contribution is -0.0503. The molecule has 0 spiro atoms. The van der Waals surface area contributed by atoms with Crippen LogP contribution in [0.15, 0.2) is 60.7 Å². The maximum Gasteiger partial charge on any atom is 0.253 e. The van der Waals surface area contributed by atoms with Crippen LogP contribution in [0.2, 0.25) is 0 Å². The molecule has 4 heteroatoms. The van der Waals surface area contributed by atoms with E-state index >= 15 is 0 Å². The standard InChI is InChI=1S/C20H22N2O2/c23-20(17-9-5-2-6-10-17)22-14-18-19(15-22)24-12-11-21(18)13-16-7-3-1-4-8-16/h1-10,18-19H,11-15H2/t18-,19+/m1/s1. The van der Waals surface area contributed by atoms with Crippen LogP contribution in [0, 0.1) is 0 Å². The quantitative estimate of drug-likeness (QED) is 0.870. The Hall–Kier alpha value is -2.17. The number of carbonyl (C=O) groups excluding carboxylic acids is 1. The number of nitrogens with zero attached hydrogens (tertiary/aromatic N) is 2. The van der Waals surface area contributed by atoms with Gasteiger partial charge in [-0.1, -0.05) is 48.5 Å². The molecule has 1 amide bonds. The van der Waals surface area contributed by atoms with E-state index in [1.54, 1.807) is 0 Å². The Labute approximate surface area is 142 Å². The molecule has 2 saturated heterocycles. The highest BCUT2D eigenvalue weighted by Gasteiger charge is 2.41. The topological polar surface area (TPSA) is 32.8 Å². The van der Waals surface area contributed by atoms with E-state index in [9.17, 15) is 4.79 Å². The zero-order valence-electron chi connectivity index (χ0n) is 13.7. The van der Waals surface area contributed by atoms with Gasteiger partial charge in [0.1, 0.15) is 0 Å². The number of carbonyl (C=O) groups is 1. The molecule has 0 aromatic heterocycles. The van der Waals surface area contributed by atoms with Crippen molar-refractivity contribution in [2.24, 2.45) is 0 Å². The van der Waals surface area contributed by atoms with Crippen molar-refractivity contribution < 1.29 is 9.53 Å². The molecule has 24 heavy (non-hydrogen) atoms. The van der Waals surface area contributed by atoms with Crippen LogP contribution >= 0.6 is 0 Å². The highest BCUT2D eigenvalue weighted by atomic mass is 16.5. The maximum absolute atomic E-state index is 12.7. The van der Waals surface area contributed by atoms with Crippen LogP contribution in [-0.4, -0.2) is 54.1 Å². The number of rotatable bonds is 3. The van der Waals surface area contributed by atoms with E-state index in [0.717, 1.165) is 31.8 Å². The highest BCUT2D eigenvalue weighted by Crippen LogP contribution is 2.25. The molecule has 2 aliphatic rings. The molecule has 0 N–H and O–H groups in total. The van der Waals surface area contributed by atoms with Gasteiger partial charge in [0.25, 0.3) is 5.91 Å². The fraction of sp³-hybridized carbons (Fsp3) is 0.350. The van der Waals surface area contributed by atoms with Gasteiger partial charge in [0.2, 0.25) is 0 Å². The predicted molar refractivity (Wildman–Crippen MR) is 92.7 cm³/mol. The minimum Gasteiger partial charge on any atom is -0.373 e. The van der Waals surface area contributed by atoms with Crippen LogP contribution < -0.4 is 0 Å². The zero-order chi connectivity index (χ0) is 16.4. The Morgan fingerprint density at radius 1 is 1.00 bits per heavy atom. The summed E-state index contributed by atoms with van der Waals surface area (Å²) in [6, 6.07) is 20.3. The SMILES string of the molecule is O=C(c1ccccc1)N1C[C@@H]2OCCN(Cc3ccccc3)[C@@H]2C1. The molecule has 0 bridgehead atoms. The van der Waals surface area contributed by atoms with E-state index in [4.69, 9.17) is 4.74 Å². The van der Waals surface area contributed by atoms with Gasteiger partial charge in [-0.05, 0) is 17.7 Å². The number of ether oxygens (including phenoxy) is 1. The van der Waals surface area contributed by atoms with Crippen molar-refractivity contribution in [2.75, 3.05) is 26.2 Å². The number of benzene rings is 2. The average Bonchev–Trinajstić information content (AvgIpc) is 3.08. The summed E-state index contributed by atoms with van der Waals surface area (Å²) in [5.41, 5.74) is 2.07. The molecule has 0 aliphatic carbocycles. The van der Waals surface area contributed by atoms with Crippen molar-refractivity contribution >= 4 is 5.91 Å². The van der Waals surface area contributed by atoms with Gasteiger partial charge in [0, 0.05) is 31.7 Å². The molecule has 0 unspecified atom stereocenters. The van der Waals surface area contributed by atoms with E-state index in [1.807, 2.05) is 41.3 Å². The molecule has 2 aromatic carbocycles. The number of likely N-dealkylation sites (tertiary alicyclic amines) is 1. The van der Waals surface area contributed by atoms with Crippen molar-refractivity contribution in [1.82, 2.24) is 9.80 Å². The molecular formula is C20H22N2O2. The minimum atomic E-state index is 0.105. The van der Waals surface area contributed by atoms with Crippen LogP contribution in [0.3, 0.4) is 0 Å². The molecular weight excluding hydrogens is 300 g/mol. The third-order valence-electron chi connectivity index (χ3n) is 4.95. The first-order valence-electron chi connectivity index (χ1n) is 8.55. The molecule has 2 aromatic rings. The van der Waals surface area contributed by atoms with Crippen molar-refractivity contribution in [2.45, 2.75) is 18.7 Å². The fourth-order valence-corrected chi connectivity index (χ4v) is 3.70. The molecule has 124 valence electrons. The summed E-state index contributed by atoms with van der Waals surface area (Å²) in [7, 11) is 0. The van der Waals surface area contributed by atoms with E-state index in [0.29, 0.717) is 6.54 Å². The second-order valence-corrected chi connectivity index (χ2v) is 6.51. The summed E-state index contributed by atoms with van der Waals surface area (Å²) in [6.07, 6.45) is 0.120. The Balaban J connectivity index is 1.47. The predicted octanol–water partition coefficient (Wildman–Crippen LogP) is 2.41. The Bertz CT molecular complexity index is 689. The molecule has 0 radical (unpaired) electrons. The molecule has 0 saturated carbocycles. The lowest BCUT2D eigenvalue weighted by atomic mass is 10.1. The molecule has 2 heterocycles. The Morgan fingerprint density at radius 3 is 2.46 bits per heavy atom. The van der Waals surface area contributed by atoms with Gasteiger partial charge in [-0.15, -0.1) is 0 Å². The summed E-state index contributed by atoms with van der Waals surface area (Å²) in [5.74, 6) is 0.105. The summed E-state index contributed by atoms with van der Waals surface area (Å²) in [4.78, 5) is 17.1. The van der Waals surface area contributed by atoms with Crippen molar-refractivity contribution in [3.8, 4) is 0 Å². The van der Waals surface area contributed by atoms with Gasteiger partial charge in [-0.25, -0.2) is 0 Å². The smallest absolute Gasteiger partial charge is 0.253 e. The van der Waals surface area contributed by atoms with Gasteiger partial charge in [-0.2, -0.15) is 0 Å². The molecule has 2 fully saturated rings. The number of hydrogen-bond donors (Lipinski definition) is 0. The average molecular weight is 322 g/mol. The first-order chi connectivity index (χ1) is 11.8. The number of fused-ring (bicyclic) bond motifs is 1. The molecule has 4 nitrogen and oxygen atoms in total. The zero-order valence-corrected chi connectivity index (χ0v) is 13.7. The molecule has 2 aliphatic heterocycles. The summed E-state index contributed by atoms with van der Waals surface area (Å²) in [6.45, 7) is 4.00. The number of morpholine rings is 1. The fourth-order valence-electron chi connectivity index (χ4n) is 3.70. The highest BCUT2D eigenvalue weighted by molar-refractivity contribution is 5.94. The lowest BCUT2D eigenvalue weighted by Gasteiger charge is -2.36. The van der Waals surface area contributed by atoms with Crippen LogP contribution in [0.4, 0.5) is 0 Å². The lowest BCUT2D eigenvalue weighted by Crippen LogP contribution is -2.50. The van der Waals surface area contributed by atoms with Crippen molar-refractivity contribution in [3.63, 3.8) is 0 Å². The normalized spacial score (nSPS) is 23.9. The van der Waals surface area contributed by atoms with Gasteiger partial charge in [-0.3, -0.25) is 9.69 Å². The molecule has 2 atom stereocenters. The minimum absolute atomic E-state index is 0.105. The van der Waals surface area contributed by atoms with E-state index in [2.05, 4.69) is 29.2 Å². The summed E-state index contributed by atoms with van der Waals surface area (Å²) in [5, 5.41) is 0. The van der Waals surface area contributed by atoms with E-state index < -0.39 is 0 Å². The molecule has 4 rings (SSSR count). The van der Waals surface area contributed by atoms with Crippen LogP contribution in [0.1, 0.15) is 15.9 Å². The largest absolute Gasteiger partial charge is 0.373 e. The Kier molecular flexibility index (Phi) is 4.32. The summed E-state index contributed by atoms with van der Waals surface area (Å²) >= 11 is 0. The summed E-state index contributed by atoms with van der Waals surface area (Å²) < 4.78 is 5.95. The van der Waals surface area contributed by atoms with Gasteiger partial charge >= 0.3 is 0 Å². The first kappa shape index (κ1) is 15.4. The van der Waals surface area contributed by atoms with E-state index in [-0.39, 0.29) is 18.1 Å². The first-order valence-corrected chi connectivity index (χ1v) is 8.55. The third kappa shape index (κ3) is 3.07. The monoisotopic (exact) mass is 322 g/mol. The second kappa shape index (κ2) is 6.75. The van der Waals surface area contributed by atoms with Gasteiger partial charge < -0.3 is 9.64 Å².